The van der Waals surface area contributed by atoms with Crippen molar-refractivity contribution < 1.29 is 19.1 Å². The van der Waals surface area contributed by atoms with Crippen LogP contribution in [0.1, 0.15) is 64.2 Å². The Morgan fingerprint density at radius 2 is 1.40 bits per heavy atom. The summed E-state index contributed by atoms with van der Waals surface area (Å²) in [6.07, 6.45) is 10.6. The number of unbranched alkanes of at least 4 members (excludes halogenated alkanes) is 8. The molecule has 0 aliphatic rings. The van der Waals surface area contributed by atoms with Gasteiger partial charge in [-0.2, -0.15) is 0 Å². The molecular weight excluding hydrogens is 502 g/mol. The van der Waals surface area contributed by atoms with Gasteiger partial charge in [-0.3, -0.25) is 9.59 Å². The highest BCUT2D eigenvalue weighted by Gasteiger charge is 2.22. The van der Waals surface area contributed by atoms with Gasteiger partial charge in [-0.1, -0.05) is 75.3 Å². The van der Waals surface area contributed by atoms with E-state index in [9.17, 15) is 9.59 Å². The highest BCUT2D eigenvalue weighted by molar-refractivity contribution is 5.97. The number of nitrogens with zero attached hydrogens (tertiary/aromatic N) is 2. The molecule has 7 heteroatoms. The second-order valence-corrected chi connectivity index (χ2v) is 10.5. The zero-order valence-electron chi connectivity index (χ0n) is 24.2. The third kappa shape index (κ3) is 7.26. The molecule has 2 aromatic heterocycles. The maximum atomic E-state index is 12.7. The quantitative estimate of drug-likeness (QED) is 0.123. The van der Waals surface area contributed by atoms with Gasteiger partial charge in [0.2, 0.25) is 0 Å². The molecule has 40 heavy (non-hydrogen) atoms. The molecule has 2 heterocycles. The molecule has 4 aromatic rings. The first-order chi connectivity index (χ1) is 19.5. The van der Waals surface area contributed by atoms with Crippen molar-refractivity contribution in [2.24, 2.45) is 14.1 Å². The molecule has 7 nitrogen and oxygen atoms in total. The fourth-order valence-electron chi connectivity index (χ4n) is 5.46. The van der Waals surface area contributed by atoms with Gasteiger partial charge in [-0.25, -0.2) is 0 Å². The van der Waals surface area contributed by atoms with Crippen molar-refractivity contribution in [2.45, 2.75) is 64.2 Å². The molecule has 0 saturated carbocycles. The number of esters is 1. The predicted molar refractivity (Wildman–Crippen MR) is 162 cm³/mol. The SMILES string of the molecule is COC(=O)CCCCCCCCCCCNC(=O)COc1c(-c2cc3ccccc3n2C)n(C)c2ccccc12. The summed E-state index contributed by atoms with van der Waals surface area (Å²) < 4.78 is 15.2. The summed E-state index contributed by atoms with van der Waals surface area (Å²) in [4.78, 5) is 23.8. The fourth-order valence-corrected chi connectivity index (χ4v) is 5.46. The molecule has 0 bridgehead atoms. The molecule has 4 rings (SSSR count). The number of aromatic nitrogens is 2. The predicted octanol–water partition coefficient (Wildman–Crippen LogP) is 6.91. The van der Waals surface area contributed by atoms with Crippen LogP contribution in [-0.4, -0.2) is 41.3 Å². The zero-order chi connectivity index (χ0) is 28.3. The van der Waals surface area contributed by atoms with Crippen molar-refractivity contribution in [1.82, 2.24) is 14.5 Å². The average Bonchev–Trinajstić information content (AvgIpc) is 3.45. The normalized spacial score (nSPS) is 11.3. The molecular formula is C33H43N3O4. The minimum absolute atomic E-state index is 0.0130. The molecule has 0 atom stereocenters. The Hall–Kier alpha value is -3.74. The average molecular weight is 546 g/mol. The van der Waals surface area contributed by atoms with Gasteiger partial charge < -0.3 is 23.9 Å². The van der Waals surface area contributed by atoms with Crippen molar-refractivity contribution in [2.75, 3.05) is 20.3 Å². The largest absolute Gasteiger partial charge is 0.481 e. The molecule has 0 aliphatic heterocycles. The number of hydrogen-bond acceptors (Lipinski definition) is 4. The summed E-state index contributed by atoms with van der Waals surface area (Å²) in [5.41, 5.74) is 4.24. The minimum Gasteiger partial charge on any atom is -0.481 e. The van der Waals surface area contributed by atoms with Crippen molar-refractivity contribution in [3.05, 3.63) is 54.6 Å². The molecule has 214 valence electrons. The van der Waals surface area contributed by atoms with E-state index < -0.39 is 0 Å². The summed E-state index contributed by atoms with van der Waals surface area (Å²) in [5, 5.41) is 5.20. The lowest BCUT2D eigenvalue weighted by molar-refractivity contribution is -0.140. The smallest absolute Gasteiger partial charge is 0.305 e. The zero-order valence-corrected chi connectivity index (χ0v) is 24.2. The summed E-state index contributed by atoms with van der Waals surface area (Å²) >= 11 is 0. The number of amides is 1. The Morgan fingerprint density at radius 3 is 2.10 bits per heavy atom. The summed E-state index contributed by atoms with van der Waals surface area (Å²) in [7, 11) is 5.56. The molecule has 0 aliphatic carbocycles. The molecule has 2 aromatic carbocycles. The third-order valence-electron chi connectivity index (χ3n) is 7.71. The number of ether oxygens (including phenoxy) is 2. The Balaban J connectivity index is 1.23. The molecule has 1 amide bonds. The second kappa shape index (κ2) is 14.6. The summed E-state index contributed by atoms with van der Waals surface area (Å²) in [6.45, 7) is 0.655. The first-order valence-electron chi connectivity index (χ1n) is 14.6. The lowest BCUT2D eigenvalue weighted by atomic mass is 10.1. The van der Waals surface area contributed by atoms with Crippen LogP contribution in [0, 0.1) is 0 Å². The molecule has 0 radical (unpaired) electrons. The van der Waals surface area contributed by atoms with Crippen LogP contribution >= 0.6 is 0 Å². The molecule has 0 fully saturated rings. The maximum Gasteiger partial charge on any atom is 0.305 e. The second-order valence-electron chi connectivity index (χ2n) is 10.5. The highest BCUT2D eigenvalue weighted by Crippen LogP contribution is 2.41. The number of methoxy groups -OCH3 is 1. The minimum atomic E-state index is -0.113. The van der Waals surface area contributed by atoms with E-state index in [0.29, 0.717) is 13.0 Å². The maximum absolute atomic E-state index is 12.7. The molecule has 0 spiro atoms. The first kappa shape index (κ1) is 29.2. The number of carbonyl (C=O) groups excluding carboxylic acids is 2. The van der Waals surface area contributed by atoms with Gasteiger partial charge in [0.05, 0.1) is 18.3 Å². The number of para-hydroxylation sites is 2. The van der Waals surface area contributed by atoms with Gasteiger partial charge in [-0.05, 0) is 37.1 Å². The van der Waals surface area contributed by atoms with Crippen LogP contribution < -0.4 is 10.1 Å². The van der Waals surface area contributed by atoms with Crippen LogP contribution in [0.15, 0.2) is 54.6 Å². The van der Waals surface area contributed by atoms with Gasteiger partial charge in [0.15, 0.2) is 12.4 Å². The van der Waals surface area contributed by atoms with Gasteiger partial charge >= 0.3 is 5.97 Å². The van der Waals surface area contributed by atoms with Crippen LogP contribution in [0.5, 0.6) is 5.75 Å². The van der Waals surface area contributed by atoms with E-state index in [4.69, 9.17) is 4.74 Å². The number of benzene rings is 2. The molecule has 1 N–H and O–H groups in total. The van der Waals surface area contributed by atoms with Crippen molar-refractivity contribution in [1.29, 1.82) is 0 Å². The highest BCUT2D eigenvalue weighted by atomic mass is 16.5. The van der Waals surface area contributed by atoms with Crippen LogP contribution in [0.3, 0.4) is 0 Å². The number of hydrogen-bond donors (Lipinski definition) is 1. The van der Waals surface area contributed by atoms with E-state index >= 15 is 0 Å². The Labute approximate surface area is 237 Å². The van der Waals surface area contributed by atoms with Crippen molar-refractivity contribution >= 4 is 33.7 Å². The fraction of sp³-hybridized carbons (Fsp3) is 0.455. The van der Waals surface area contributed by atoms with E-state index in [1.54, 1.807) is 0 Å². The number of nitrogens with one attached hydrogen (secondary N) is 1. The lowest BCUT2D eigenvalue weighted by Crippen LogP contribution is -2.29. The number of carbonyl (C=O) groups is 2. The summed E-state index contributed by atoms with van der Waals surface area (Å²) in [5.74, 6) is 0.533. The van der Waals surface area contributed by atoms with Gasteiger partial charge in [0.25, 0.3) is 5.91 Å². The monoisotopic (exact) mass is 545 g/mol. The number of fused-ring (bicyclic) bond motifs is 2. The first-order valence-corrected chi connectivity index (χ1v) is 14.6. The van der Waals surface area contributed by atoms with Crippen LogP contribution in [0.2, 0.25) is 0 Å². The van der Waals surface area contributed by atoms with Gasteiger partial charge in [0.1, 0.15) is 5.69 Å². The van der Waals surface area contributed by atoms with Gasteiger partial charge in [0, 0.05) is 43.4 Å². The summed E-state index contributed by atoms with van der Waals surface area (Å²) in [6, 6.07) is 18.7. The Kier molecular flexibility index (Phi) is 10.7. The van der Waals surface area contributed by atoms with E-state index in [0.717, 1.165) is 59.2 Å². The van der Waals surface area contributed by atoms with E-state index in [1.807, 2.05) is 31.3 Å². The molecule has 0 saturated heterocycles. The van der Waals surface area contributed by atoms with Crippen molar-refractivity contribution in [3.63, 3.8) is 0 Å². The lowest BCUT2D eigenvalue weighted by Gasteiger charge is -2.12. The van der Waals surface area contributed by atoms with Crippen molar-refractivity contribution in [3.8, 4) is 17.1 Å². The van der Waals surface area contributed by atoms with Crippen LogP contribution in [0.25, 0.3) is 33.2 Å². The third-order valence-corrected chi connectivity index (χ3v) is 7.71. The number of rotatable bonds is 16. The van der Waals surface area contributed by atoms with Crippen LogP contribution in [0.4, 0.5) is 0 Å². The van der Waals surface area contributed by atoms with E-state index in [1.165, 1.54) is 44.6 Å². The Bertz CT molecular complexity index is 1420. The van der Waals surface area contributed by atoms with Crippen LogP contribution in [-0.2, 0) is 28.4 Å². The van der Waals surface area contributed by atoms with E-state index in [-0.39, 0.29) is 18.5 Å². The Morgan fingerprint density at radius 1 is 0.775 bits per heavy atom. The van der Waals surface area contributed by atoms with E-state index in [2.05, 4.69) is 56.6 Å². The number of aryl methyl sites for hydroxylation is 2. The molecule has 0 unspecified atom stereocenters. The topological polar surface area (TPSA) is 74.5 Å². The van der Waals surface area contributed by atoms with Gasteiger partial charge in [-0.15, -0.1) is 0 Å². The standard InChI is InChI=1S/C33H43N3O4/c1-35-27-19-14-12-17-25(27)23-29(35)32-33(26-18-13-15-20-28(26)36(32)2)40-24-30(37)34-22-16-10-8-6-4-5-7-9-11-21-31(38)39-3/h12-15,17-20,23H,4-11,16,21-22,24H2,1-3H3,(H,34,37).